The summed E-state index contributed by atoms with van der Waals surface area (Å²) in [5.41, 5.74) is 4.65. The molecule has 0 bridgehead atoms. The normalized spacial score (nSPS) is 11.2. The van der Waals surface area contributed by atoms with Crippen molar-refractivity contribution in [2.75, 3.05) is 6.54 Å². The highest BCUT2D eigenvalue weighted by atomic mass is 16.1. The van der Waals surface area contributed by atoms with Crippen molar-refractivity contribution in [1.29, 1.82) is 0 Å². The molecule has 0 saturated heterocycles. The Labute approximate surface area is 225 Å². The Morgan fingerprint density at radius 3 is 2.38 bits per heavy atom. The molecule has 2 aromatic heterocycles. The fourth-order valence-corrected chi connectivity index (χ4v) is 4.88. The van der Waals surface area contributed by atoms with Crippen molar-refractivity contribution in [3.63, 3.8) is 0 Å². The Kier molecular flexibility index (Phi) is 6.70. The predicted octanol–water partition coefficient (Wildman–Crippen LogP) is 4.82. The zero-order valence-electron chi connectivity index (χ0n) is 21.3. The lowest BCUT2D eigenvalue weighted by Gasteiger charge is -2.10. The van der Waals surface area contributed by atoms with Crippen LogP contribution in [0.4, 0.5) is 0 Å². The maximum absolute atomic E-state index is 13.2. The van der Waals surface area contributed by atoms with Crippen LogP contribution in [0.3, 0.4) is 0 Å². The van der Waals surface area contributed by atoms with Crippen molar-refractivity contribution >= 4 is 27.7 Å². The van der Waals surface area contributed by atoms with Crippen LogP contribution in [0.1, 0.15) is 11.1 Å². The lowest BCUT2D eigenvalue weighted by Crippen LogP contribution is -2.29. The number of nitrogens with zero attached hydrogens (tertiary/aromatic N) is 4. The fraction of sp³-hybridized carbons (Fsp3) is 0.125. The average molecular weight is 514 g/mol. The lowest BCUT2D eigenvalue weighted by atomic mass is 10.0. The molecule has 0 aliphatic rings. The van der Waals surface area contributed by atoms with Crippen LogP contribution >= 0.6 is 0 Å². The van der Waals surface area contributed by atoms with Crippen molar-refractivity contribution in [3.8, 4) is 11.1 Å². The topological polar surface area (TPSA) is 81.8 Å². The molecule has 7 heteroatoms. The van der Waals surface area contributed by atoms with Crippen molar-refractivity contribution in [2.24, 2.45) is 0 Å². The van der Waals surface area contributed by atoms with E-state index in [1.54, 1.807) is 21.8 Å². The van der Waals surface area contributed by atoms with Crippen LogP contribution in [-0.4, -0.2) is 31.8 Å². The number of rotatable bonds is 8. The van der Waals surface area contributed by atoms with Gasteiger partial charge in [-0.3, -0.25) is 14.2 Å². The molecule has 39 heavy (non-hydrogen) atoms. The Balaban J connectivity index is 1.08. The van der Waals surface area contributed by atoms with Gasteiger partial charge in [-0.2, -0.15) is 5.10 Å². The molecule has 0 unspecified atom stereocenters. The van der Waals surface area contributed by atoms with Gasteiger partial charge in [0.25, 0.3) is 5.56 Å². The van der Waals surface area contributed by atoms with Crippen LogP contribution in [0, 0.1) is 0 Å². The SMILES string of the molecule is O=C(Cc1ccc(-c2ccccc2)cc1)NCCn1ncc2c(=O)n(Cc3cccc4ccccc34)cnc21. The second-order valence-corrected chi connectivity index (χ2v) is 9.51. The van der Waals surface area contributed by atoms with Crippen LogP contribution in [0.25, 0.3) is 32.9 Å². The van der Waals surface area contributed by atoms with Gasteiger partial charge in [0.2, 0.25) is 5.91 Å². The van der Waals surface area contributed by atoms with E-state index in [2.05, 4.69) is 45.7 Å². The average Bonchev–Trinajstić information content (AvgIpc) is 3.39. The first-order chi connectivity index (χ1) is 19.2. The van der Waals surface area contributed by atoms with E-state index >= 15 is 0 Å². The Hall–Kier alpha value is -5.04. The molecule has 0 saturated carbocycles. The van der Waals surface area contributed by atoms with Crippen molar-refractivity contribution in [2.45, 2.75) is 19.5 Å². The highest BCUT2D eigenvalue weighted by Gasteiger charge is 2.12. The van der Waals surface area contributed by atoms with Gasteiger partial charge in [-0.25, -0.2) is 9.67 Å². The lowest BCUT2D eigenvalue weighted by molar-refractivity contribution is -0.120. The Morgan fingerprint density at radius 2 is 1.54 bits per heavy atom. The van der Waals surface area contributed by atoms with Gasteiger partial charge in [0.05, 0.1) is 25.7 Å². The number of carbonyl (C=O) groups is 1. The third-order valence-corrected chi connectivity index (χ3v) is 6.91. The van der Waals surface area contributed by atoms with Crippen LogP contribution in [0.2, 0.25) is 0 Å². The van der Waals surface area contributed by atoms with Gasteiger partial charge >= 0.3 is 0 Å². The zero-order chi connectivity index (χ0) is 26.6. The number of amides is 1. The van der Waals surface area contributed by atoms with Crippen molar-refractivity contribution < 1.29 is 4.79 Å². The summed E-state index contributed by atoms with van der Waals surface area (Å²) in [4.78, 5) is 30.2. The highest BCUT2D eigenvalue weighted by molar-refractivity contribution is 5.85. The zero-order valence-corrected chi connectivity index (χ0v) is 21.3. The first kappa shape index (κ1) is 24.3. The molecule has 6 rings (SSSR count). The molecule has 2 heterocycles. The van der Waals surface area contributed by atoms with E-state index in [0.29, 0.717) is 37.1 Å². The third-order valence-electron chi connectivity index (χ3n) is 6.91. The summed E-state index contributed by atoms with van der Waals surface area (Å²) in [7, 11) is 0. The number of hydrogen-bond donors (Lipinski definition) is 1. The summed E-state index contributed by atoms with van der Waals surface area (Å²) in [6, 6.07) is 32.4. The number of fused-ring (bicyclic) bond motifs is 2. The summed E-state index contributed by atoms with van der Waals surface area (Å²) in [6.45, 7) is 1.23. The highest BCUT2D eigenvalue weighted by Crippen LogP contribution is 2.20. The van der Waals surface area contributed by atoms with E-state index in [0.717, 1.165) is 33.0 Å². The summed E-state index contributed by atoms with van der Waals surface area (Å²) >= 11 is 0. The first-order valence-corrected chi connectivity index (χ1v) is 12.9. The Morgan fingerprint density at radius 1 is 0.795 bits per heavy atom. The molecule has 0 aliphatic carbocycles. The summed E-state index contributed by atoms with van der Waals surface area (Å²) < 4.78 is 3.27. The van der Waals surface area contributed by atoms with Crippen molar-refractivity contribution in [3.05, 3.63) is 131 Å². The number of benzene rings is 4. The Bertz CT molecular complexity index is 1820. The van der Waals surface area contributed by atoms with Crippen LogP contribution in [-0.2, 0) is 24.3 Å². The van der Waals surface area contributed by atoms with E-state index in [9.17, 15) is 9.59 Å². The third kappa shape index (κ3) is 5.20. The smallest absolute Gasteiger partial charge is 0.264 e. The predicted molar refractivity (Wildman–Crippen MR) is 153 cm³/mol. The standard InChI is InChI=1S/C32H27N5O2/c38-30(19-23-13-15-25(16-14-23)24-7-2-1-3-8-24)33-17-18-37-31-29(20-35-37)32(39)36(22-34-31)21-27-11-6-10-26-9-4-5-12-28(26)27/h1-16,20,22H,17-19,21H2,(H,33,38). The molecule has 0 aliphatic heterocycles. The number of nitrogens with one attached hydrogen (secondary N) is 1. The van der Waals surface area contributed by atoms with Gasteiger partial charge in [0.1, 0.15) is 11.7 Å². The van der Waals surface area contributed by atoms with Gasteiger partial charge in [0, 0.05) is 6.54 Å². The largest absolute Gasteiger partial charge is 0.354 e. The van der Waals surface area contributed by atoms with Crippen LogP contribution in [0.5, 0.6) is 0 Å². The molecule has 0 radical (unpaired) electrons. The maximum Gasteiger partial charge on any atom is 0.264 e. The number of carbonyl (C=O) groups excluding carboxylic acids is 1. The van der Waals surface area contributed by atoms with Gasteiger partial charge < -0.3 is 5.32 Å². The molecule has 0 fully saturated rings. The number of hydrogen-bond acceptors (Lipinski definition) is 4. The van der Waals surface area contributed by atoms with Gasteiger partial charge in [0.15, 0.2) is 5.65 Å². The van der Waals surface area contributed by atoms with Crippen LogP contribution < -0.4 is 10.9 Å². The molecule has 1 amide bonds. The maximum atomic E-state index is 13.2. The van der Waals surface area contributed by atoms with E-state index in [-0.39, 0.29) is 11.5 Å². The summed E-state index contributed by atoms with van der Waals surface area (Å²) in [5.74, 6) is -0.0654. The first-order valence-electron chi connectivity index (χ1n) is 12.9. The molecule has 192 valence electrons. The molecule has 0 atom stereocenters. The number of aromatic nitrogens is 4. The van der Waals surface area contributed by atoms with E-state index in [4.69, 9.17) is 0 Å². The van der Waals surface area contributed by atoms with Crippen molar-refractivity contribution in [1.82, 2.24) is 24.6 Å². The second kappa shape index (κ2) is 10.8. The minimum Gasteiger partial charge on any atom is -0.354 e. The van der Waals surface area contributed by atoms with Crippen LogP contribution in [0.15, 0.2) is 114 Å². The minimum atomic E-state index is -0.137. The molecule has 6 aromatic rings. The molecular formula is C32H27N5O2. The fourth-order valence-electron chi connectivity index (χ4n) is 4.88. The molecule has 7 nitrogen and oxygen atoms in total. The van der Waals surface area contributed by atoms with E-state index < -0.39 is 0 Å². The minimum absolute atomic E-state index is 0.0654. The molecule has 4 aromatic carbocycles. The summed E-state index contributed by atoms with van der Waals surface area (Å²) in [6.07, 6.45) is 3.43. The van der Waals surface area contributed by atoms with E-state index in [1.165, 1.54) is 0 Å². The molecule has 1 N–H and O–H groups in total. The van der Waals surface area contributed by atoms with E-state index in [1.807, 2.05) is 66.7 Å². The van der Waals surface area contributed by atoms with Gasteiger partial charge in [-0.05, 0) is 33.0 Å². The molecular weight excluding hydrogens is 486 g/mol. The summed E-state index contributed by atoms with van der Waals surface area (Å²) in [5, 5.41) is 10.0. The van der Waals surface area contributed by atoms with Gasteiger partial charge in [-0.1, -0.05) is 97.1 Å². The monoisotopic (exact) mass is 513 g/mol. The molecule has 0 spiro atoms. The van der Waals surface area contributed by atoms with Gasteiger partial charge in [-0.15, -0.1) is 0 Å². The second-order valence-electron chi connectivity index (χ2n) is 9.51. The quantitative estimate of drug-likeness (QED) is 0.316.